The van der Waals surface area contributed by atoms with E-state index in [1.165, 1.54) is 18.1 Å². The predicted molar refractivity (Wildman–Crippen MR) is 125 cm³/mol. The number of benzene rings is 1. The highest BCUT2D eigenvalue weighted by Gasteiger charge is 2.44. The van der Waals surface area contributed by atoms with E-state index in [0.29, 0.717) is 18.0 Å². The maximum absolute atomic E-state index is 12.8. The summed E-state index contributed by atoms with van der Waals surface area (Å²) >= 11 is 0. The lowest BCUT2D eigenvalue weighted by atomic mass is 9.64. The van der Waals surface area contributed by atoms with Crippen LogP contribution in [0.3, 0.4) is 0 Å². The number of piperidine rings is 1. The van der Waals surface area contributed by atoms with Crippen molar-refractivity contribution in [3.63, 3.8) is 0 Å². The van der Waals surface area contributed by atoms with Gasteiger partial charge < -0.3 is 14.7 Å². The van der Waals surface area contributed by atoms with E-state index >= 15 is 0 Å². The minimum atomic E-state index is -4.28. The van der Waals surface area contributed by atoms with Gasteiger partial charge in [-0.05, 0) is 57.2 Å². The fraction of sp³-hybridized carbons (Fsp3) is 0.538. The van der Waals surface area contributed by atoms with Gasteiger partial charge in [-0.2, -0.15) is 18.2 Å². The number of halogens is 3. The minimum Gasteiger partial charge on any atom is -0.338 e. The average molecular weight is 475 g/mol. The Morgan fingerprint density at radius 2 is 1.94 bits per heavy atom. The molecule has 0 bridgehead atoms. The molecule has 2 fully saturated rings. The molecule has 2 aromatic rings. The molecule has 34 heavy (non-hydrogen) atoms. The third-order valence-electron chi connectivity index (χ3n) is 7.27. The van der Waals surface area contributed by atoms with Gasteiger partial charge in [0.1, 0.15) is 0 Å². The van der Waals surface area contributed by atoms with E-state index in [4.69, 9.17) is 4.52 Å². The Hall–Kier alpha value is -2.45. The SMILES string of the molecule is C=C(/C=C(\C)C(F)(F)F)C1CCN(CCNCc2nc(C3(c4ccccc4)CCC3)no2)CC1. The number of likely N-dealkylation sites (tertiary alicyclic amines) is 1. The first-order valence-corrected chi connectivity index (χ1v) is 12.0. The van der Waals surface area contributed by atoms with Crippen molar-refractivity contribution >= 4 is 0 Å². The molecular formula is C26H33F3N4O. The molecule has 4 rings (SSSR count). The van der Waals surface area contributed by atoms with Crippen LogP contribution in [-0.2, 0) is 12.0 Å². The number of aromatic nitrogens is 2. The van der Waals surface area contributed by atoms with Crippen LogP contribution in [0.5, 0.6) is 0 Å². The van der Waals surface area contributed by atoms with Crippen molar-refractivity contribution in [2.45, 2.75) is 57.2 Å². The first-order valence-electron chi connectivity index (χ1n) is 12.0. The molecule has 5 nitrogen and oxygen atoms in total. The van der Waals surface area contributed by atoms with E-state index in [2.05, 4.69) is 51.2 Å². The van der Waals surface area contributed by atoms with Crippen molar-refractivity contribution in [3.8, 4) is 0 Å². The number of nitrogens with one attached hydrogen (secondary N) is 1. The maximum atomic E-state index is 12.8. The normalized spacial score (nSPS) is 19.7. The molecule has 1 N–H and O–H groups in total. The molecular weight excluding hydrogens is 441 g/mol. The molecule has 2 heterocycles. The molecule has 0 unspecified atom stereocenters. The molecule has 8 heteroatoms. The summed E-state index contributed by atoms with van der Waals surface area (Å²) in [5.74, 6) is 1.49. The smallest absolute Gasteiger partial charge is 0.338 e. The average Bonchev–Trinajstić information content (AvgIpc) is 3.25. The van der Waals surface area contributed by atoms with Gasteiger partial charge in [0.05, 0.1) is 12.0 Å². The molecule has 184 valence electrons. The second-order valence-corrected chi connectivity index (χ2v) is 9.51. The molecule has 1 aliphatic carbocycles. The van der Waals surface area contributed by atoms with Crippen molar-refractivity contribution in [3.05, 3.63) is 71.4 Å². The summed E-state index contributed by atoms with van der Waals surface area (Å²) in [5, 5.41) is 7.67. The monoisotopic (exact) mass is 474 g/mol. The molecule has 2 aliphatic rings. The number of hydrogen-bond donors (Lipinski definition) is 1. The third kappa shape index (κ3) is 5.61. The standard InChI is InChI=1S/C26H33F3N4O/c1-19(17-20(2)26(27,28)29)21-9-14-33(15-10-21)16-13-30-18-23-31-24(32-34-23)25(11-6-12-25)22-7-4-3-5-8-22/h3-5,7-8,17,21,30H,1,6,9-16,18H2,2H3/b20-17+. The van der Waals surface area contributed by atoms with Gasteiger partial charge in [-0.25, -0.2) is 0 Å². The van der Waals surface area contributed by atoms with Gasteiger partial charge in [0.25, 0.3) is 0 Å². The third-order valence-corrected chi connectivity index (χ3v) is 7.27. The topological polar surface area (TPSA) is 54.2 Å². The number of rotatable bonds is 9. The summed E-state index contributed by atoms with van der Waals surface area (Å²) in [6, 6.07) is 10.4. The summed E-state index contributed by atoms with van der Waals surface area (Å²) in [5.41, 5.74) is 1.13. The summed E-state index contributed by atoms with van der Waals surface area (Å²) < 4.78 is 43.8. The lowest BCUT2D eigenvalue weighted by molar-refractivity contribution is -0.0914. The molecule has 1 saturated heterocycles. The van der Waals surface area contributed by atoms with Gasteiger partial charge in [0.2, 0.25) is 5.89 Å². The molecule has 0 amide bonds. The van der Waals surface area contributed by atoms with Crippen LogP contribution in [0.15, 0.2) is 58.7 Å². The van der Waals surface area contributed by atoms with Gasteiger partial charge in [-0.3, -0.25) is 0 Å². The van der Waals surface area contributed by atoms with Gasteiger partial charge in [0, 0.05) is 18.7 Å². The first kappa shape index (κ1) is 24.7. The molecule has 1 saturated carbocycles. The Balaban J connectivity index is 1.19. The largest absolute Gasteiger partial charge is 0.412 e. The van der Waals surface area contributed by atoms with Gasteiger partial charge in [-0.15, -0.1) is 0 Å². The van der Waals surface area contributed by atoms with Crippen molar-refractivity contribution in [2.75, 3.05) is 26.2 Å². The van der Waals surface area contributed by atoms with Crippen molar-refractivity contribution in [2.24, 2.45) is 5.92 Å². The fourth-order valence-electron chi connectivity index (χ4n) is 4.89. The maximum Gasteiger partial charge on any atom is 0.412 e. The van der Waals surface area contributed by atoms with Crippen molar-refractivity contribution in [1.82, 2.24) is 20.4 Å². The second kappa shape index (κ2) is 10.4. The molecule has 0 atom stereocenters. The van der Waals surface area contributed by atoms with E-state index in [0.717, 1.165) is 64.6 Å². The van der Waals surface area contributed by atoms with E-state index in [1.807, 2.05) is 6.07 Å². The molecule has 1 aliphatic heterocycles. The van der Waals surface area contributed by atoms with Crippen molar-refractivity contribution in [1.29, 1.82) is 0 Å². The lowest BCUT2D eigenvalue weighted by Gasteiger charge is -2.39. The van der Waals surface area contributed by atoms with Crippen LogP contribution >= 0.6 is 0 Å². The highest BCUT2D eigenvalue weighted by Crippen LogP contribution is 2.47. The van der Waals surface area contributed by atoms with E-state index in [-0.39, 0.29) is 11.3 Å². The zero-order chi connectivity index (χ0) is 24.2. The fourth-order valence-corrected chi connectivity index (χ4v) is 4.89. The molecule has 0 radical (unpaired) electrons. The highest BCUT2D eigenvalue weighted by atomic mass is 19.4. The van der Waals surface area contributed by atoms with E-state index < -0.39 is 11.7 Å². The number of allylic oxidation sites excluding steroid dienone is 3. The summed E-state index contributed by atoms with van der Waals surface area (Å²) in [6.45, 7) is 8.86. The summed E-state index contributed by atoms with van der Waals surface area (Å²) in [6.07, 6.45) is 1.82. The van der Waals surface area contributed by atoms with Crippen LogP contribution in [0.4, 0.5) is 13.2 Å². The van der Waals surface area contributed by atoms with Crippen LogP contribution < -0.4 is 5.32 Å². The Morgan fingerprint density at radius 1 is 1.24 bits per heavy atom. The Bertz CT molecular complexity index is 987. The Morgan fingerprint density at radius 3 is 2.56 bits per heavy atom. The van der Waals surface area contributed by atoms with E-state index in [9.17, 15) is 13.2 Å². The van der Waals surface area contributed by atoms with Crippen LogP contribution in [0, 0.1) is 5.92 Å². The number of hydrogen-bond acceptors (Lipinski definition) is 5. The quantitative estimate of drug-likeness (QED) is 0.389. The highest BCUT2D eigenvalue weighted by molar-refractivity contribution is 5.35. The predicted octanol–water partition coefficient (Wildman–Crippen LogP) is 5.41. The van der Waals surface area contributed by atoms with Crippen LogP contribution in [0.1, 0.15) is 56.3 Å². The van der Waals surface area contributed by atoms with Crippen LogP contribution in [0.2, 0.25) is 0 Å². The molecule has 1 aromatic heterocycles. The Labute approximate surface area is 199 Å². The summed E-state index contributed by atoms with van der Waals surface area (Å²) in [4.78, 5) is 7.01. The van der Waals surface area contributed by atoms with E-state index in [1.54, 1.807) is 0 Å². The number of alkyl halides is 3. The minimum absolute atomic E-state index is 0.113. The zero-order valence-corrected chi connectivity index (χ0v) is 19.7. The molecule has 0 spiro atoms. The first-order chi connectivity index (χ1) is 16.3. The van der Waals surface area contributed by atoms with Crippen LogP contribution in [0.25, 0.3) is 0 Å². The van der Waals surface area contributed by atoms with Gasteiger partial charge >= 0.3 is 6.18 Å². The zero-order valence-electron chi connectivity index (χ0n) is 19.7. The van der Waals surface area contributed by atoms with Gasteiger partial charge in [0.15, 0.2) is 5.82 Å². The summed E-state index contributed by atoms with van der Waals surface area (Å²) in [7, 11) is 0. The second-order valence-electron chi connectivity index (χ2n) is 9.51. The Kier molecular flexibility index (Phi) is 7.57. The van der Waals surface area contributed by atoms with Crippen molar-refractivity contribution < 1.29 is 17.7 Å². The molecule has 1 aromatic carbocycles. The lowest BCUT2D eigenvalue weighted by Crippen LogP contribution is -2.38. The number of nitrogens with zero attached hydrogens (tertiary/aromatic N) is 3. The van der Waals surface area contributed by atoms with Crippen LogP contribution in [-0.4, -0.2) is 47.4 Å². The van der Waals surface area contributed by atoms with Gasteiger partial charge in [-0.1, -0.05) is 60.1 Å².